The number of rotatable bonds is 62. The van der Waals surface area contributed by atoms with Crippen molar-refractivity contribution in [2.75, 3.05) is 13.2 Å². The molecule has 0 fully saturated rings. The van der Waals surface area contributed by atoms with E-state index in [0.717, 1.165) is 128 Å². The molecule has 6 nitrogen and oxygen atoms in total. The van der Waals surface area contributed by atoms with Crippen molar-refractivity contribution in [2.45, 2.75) is 329 Å². The van der Waals surface area contributed by atoms with Gasteiger partial charge in [0.25, 0.3) is 0 Å². The minimum Gasteiger partial charge on any atom is -0.462 e. The van der Waals surface area contributed by atoms with Crippen LogP contribution in [0.5, 0.6) is 0 Å². The van der Waals surface area contributed by atoms with E-state index in [9.17, 15) is 14.4 Å². The van der Waals surface area contributed by atoms with Gasteiger partial charge >= 0.3 is 17.9 Å². The zero-order valence-electron chi connectivity index (χ0n) is 53.7. The second-order valence-corrected chi connectivity index (χ2v) is 22.7. The fraction of sp³-hybridized carbons (Fsp3) is 0.697. The van der Waals surface area contributed by atoms with Crippen LogP contribution in [0.1, 0.15) is 323 Å². The van der Waals surface area contributed by atoms with Crippen LogP contribution in [-0.2, 0) is 28.6 Å². The van der Waals surface area contributed by atoms with Gasteiger partial charge in [-0.2, -0.15) is 0 Å². The van der Waals surface area contributed by atoms with Crippen molar-refractivity contribution in [2.24, 2.45) is 0 Å². The summed E-state index contributed by atoms with van der Waals surface area (Å²) in [7, 11) is 0. The average Bonchev–Trinajstić information content (AvgIpc) is 3.47. The van der Waals surface area contributed by atoms with Crippen molar-refractivity contribution < 1.29 is 28.6 Å². The maximum atomic E-state index is 12.9. The maximum Gasteiger partial charge on any atom is 0.306 e. The number of carbonyl (C=O) groups is 3. The van der Waals surface area contributed by atoms with E-state index < -0.39 is 6.10 Å². The molecule has 0 N–H and O–H groups in total. The number of unbranched alkanes of at least 4 members (excludes halogenated alkanes) is 31. The Kier molecular flexibility index (Phi) is 65.8. The molecule has 0 bridgehead atoms. The van der Waals surface area contributed by atoms with E-state index in [1.54, 1.807) is 0 Å². The van der Waals surface area contributed by atoms with Gasteiger partial charge in [0.1, 0.15) is 13.2 Å². The Labute approximate surface area is 507 Å². The van der Waals surface area contributed by atoms with E-state index >= 15 is 0 Å². The van der Waals surface area contributed by atoms with Crippen LogP contribution < -0.4 is 0 Å². The molecule has 82 heavy (non-hydrogen) atoms. The predicted octanol–water partition coefficient (Wildman–Crippen LogP) is 23.9. The number of esters is 3. The van der Waals surface area contributed by atoms with Crippen LogP contribution in [0, 0.1) is 0 Å². The Hall–Kier alpha value is -4.19. The zero-order chi connectivity index (χ0) is 59.2. The van der Waals surface area contributed by atoms with Crippen LogP contribution in [0.25, 0.3) is 0 Å². The zero-order valence-corrected chi connectivity index (χ0v) is 53.7. The highest BCUT2D eigenvalue weighted by Gasteiger charge is 2.19. The Morgan fingerprint density at radius 2 is 0.488 bits per heavy atom. The molecule has 1 unspecified atom stereocenters. The molecule has 0 aromatic heterocycles. The van der Waals surface area contributed by atoms with Gasteiger partial charge in [-0.1, -0.05) is 316 Å². The van der Waals surface area contributed by atoms with Gasteiger partial charge in [-0.3, -0.25) is 14.4 Å². The second kappa shape index (κ2) is 69.3. The van der Waals surface area contributed by atoms with Crippen molar-refractivity contribution in [3.63, 3.8) is 0 Å². The summed E-state index contributed by atoms with van der Waals surface area (Å²) in [5.74, 6) is -0.894. The minimum absolute atomic E-state index is 0.0840. The molecule has 468 valence electrons. The van der Waals surface area contributed by atoms with Gasteiger partial charge < -0.3 is 14.2 Å². The van der Waals surface area contributed by atoms with Crippen LogP contribution in [0.3, 0.4) is 0 Å². The van der Waals surface area contributed by atoms with Gasteiger partial charge in [0, 0.05) is 19.3 Å². The van der Waals surface area contributed by atoms with E-state index in [-0.39, 0.29) is 31.1 Å². The van der Waals surface area contributed by atoms with E-state index in [0.29, 0.717) is 19.3 Å². The Morgan fingerprint density at radius 3 is 0.793 bits per heavy atom. The van der Waals surface area contributed by atoms with E-state index in [2.05, 4.69) is 142 Å². The first-order valence-electron chi connectivity index (χ1n) is 34.5. The number of ether oxygens (including phenoxy) is 3. The van der Waals surface area contributed by atoms with Gasteiger partial charge in [-0.25, -0.2) is 0 Å². The highest BCUT2D eigenvalue weighted by atomic mass is 16.6. The molecular formula is C76H128O6. The first-order chi connectivity index (χ1) is 40.5. The minimum atomic E-state index is -0.786. The lowest BCUT2D eigenvalue weighted by molar-refractivity contribution is -0.167. The molecule has 0 rings (SSSR count). The molecule has 0 radical (unpaired) electrons. The SMILES string of the molecule is CC/C=C\C/C=C\C/C=C\C/C=C\C/C=C\C/C=C\C/C=C\C/C=C\C/C=C\CCCCCCCCCC(=O)OCC(COC(=O)CCCCCCC/C=C\CCCC)OC(=O)CCCCCCCCCCCCCCCCCCCC. The van der Waals surface area contributed by atoms with Crippen molar-refractivity contribution in [3.8, 4) is 0 Å². The Morgan fingerprint density at radius 1 is 0.256 bits per heavy atom. The third-order valence-electron chi connectivity index (χ3n) is 14.7. The van der Waals surface area contributed by atoms with Gasteiger partial charge in [0.2, 0.25) is 0 Å². The molecule has 6 heteroatoms. The lowest BCUT2D eigenvalue weighted by Gasteiger charge is -2.18. The normalized spacial score (nSPS) is 12.9. The summed E-state index contributed by atoms with van der Waals surface area (Å²) < 4.78 is 16.9. The average molecular weight is 1140 g/mol. The van der Waals surface area contributed by atoms with Gasteiger partial charge in [-0.15, -0.1) is 0 Å². The van der Waals surface area contributed by atoms with Crippen LogP contribution in [0.4, 0.5) is 0 Å². The number of hydrogen-bond acceptors (Lipinski definition) is 6. The summed E-state index contributed by atoms with van der Waals surface area (Å²) >= 11 is 0. The molecule has 0 aromatic carbocycles. The molecule has 0 aromatic rings. The third kappa shape index (κ3) is 66.6. The molecular weight excluding hydrogens is 1010 g/mol. The van der Waals surface area contributed by atoms with Crippen LogP contribution in [0.15, 0.2) is 122 Å². The first-order valence-corrected chi connectivity index (χ1v) is 34.5. The fourth-order valence-corrected chi connectivity index (χ4v) is 9.54. The predicted molar refractivity (Wildman–Crippen MR) is 357 cm³/mol. The highest BCUT2D eigenvalue weighted by molar-refractivity contribution is 5.71. The van der Waals surface area contributed by atoms with Gasteiger partial charge in [-0.05, 0) is 109 Å². The molecule has 1 atom stereocenters. The monoisotopic (exact) mass is 1140 g/mol. The lowest BCUT2D eigenvalue weighted by atomic mass is 10.0. The Bertz CT molecular complexity index is 1690. The van der Waals surface area contributed by atoms with E-state index in [4.69, 9.17) is 14.2 Å². The maximum absolute atomic E-state index is 12.9. The molecule has 0 saturated carbocycles. The summed E-state index contributed by atoms with van der Waals surface area (Å²) in [5, 5.41) is 0. The van der Waals surface area contributed by atoms with Crippen molar-refractivity contribution >= 4 is 17.9 Å². The highest BCUT2D eigenvalue weighted by Crippen LogP contribution is 2.17. The van der Waals surface area contributed by atoms with Crippen LogP contribution >= 0.6 is 0 Å². The molecule has 0 amide bonds. The number of carbonyl (C=O) groups excluding carboxylic acids is 3. The molecule has 0 saturated heterocycles. The van der Waals surface area contributed by atoms with Gasteiger partial charge in [0.05, 0.1) is 0 Å². The standard InChI is InChI=1S/C76H128O6/c1-4-7-10-13-16-19-22-24-26-28-30-31-32-33-34-35-36-37-38-39-40-41-42-43-44-45-46-48-49-51-54-57-60-63-66-69-75(78)81-72-73(71-80-74(77)68-65-62-59-56-53-21-18-15-12-9-6-3)82-76(79)70-67-64-61-58-55-52-50-47-29-27-25-23-20-17-14-11-8-5-2/h7,10,15-16,18-19,24,26,30-31,33-34,36-37,39-40,42-43,45-46,73H,4-6,8-9,11-14,17,20-23,25,27-29,32,35,38,41,44,47-72H2,1-3H3/b10-7-,18-15-,19-16-,26-24-,31-30-,34-33-,37-36-,40-39-,43-42-,46-45-. The van der Waals surface area contributed by atoms with E-state index in [1.165, 1.54) is 154 Å². The molecule has 0 aliphatic heterocycles. The van der Waals surface area contributed by atoms with E-state index in [1.807, 2.05) is 0 Å². The van der Waals surface area contributed by atoms with Crippen molar-refractivity contribution in [3.05, 3.63) is 122 Å². The smallest absolute Gasteiger partial charge is 0.306 e. The summed E-state index contributed by atoms with van der Waals surface area (Å²) in [6.07, 6.45) is 96.5. The summed E-state index contributed by atoms with van der Waals surface area (Å²) in [5.41, 5.74) is 0. The lowest BCUT2D eigenvalue weighted by Crippen LogP contribution is -2.30. The quantitative estimate of drug-likeness (QED) is 0.0261. The molecule has 0 aliphatic carbocycles. The summed E-state index contributed by atoms with van der Waals surface area (Å²) in [6, 6.07) is 0. The topological polar surface area (TPSA) is 78.9 Å². The summed E-state index contributed by atoms with van der Waals surface area (Å²) in [4.78, 5) is 38.3. The third-order valence-corrected chi connectivity index (χ3v) is 14.7. The Balaban J connectivity index is 4.24. The fourth-order valence-electron chi connectivity index (χ4n) is 9.54. The van der Waals surface area contributed by atoms with Crippen LogP contribution in [-0.4, -0.2) is 37.2 Å². The van der Waals surface area contributed by atoms with Crippen LogP contribution in [0.2, 0.25) is 0 Å². The van der Waals surface area contributed by atoms with Crippen molar-refractivity contribution in [1.82, 2.24) is 0 Å². The number of allylic oxidation sites excluding steroid dienone is 20. The second-order valence-electron chi connectivity index (χ2n) is 22.7. The van der Waals surface area contributed by atoms with Crippen molar-refractivity contribution in [1.29, 1.82) is 0 Å². The summed E-state index contributed by atoms with van der Waals surface area (Å²) in [6.45, 7) is 6.50. The molecule has 0 heterocycles. The molecule has 0 spiro atoms. The number of hydrogen-bond donors (Lipinski definition) is 0. The first kappa shape index (κ1) is 77.8. The van der Waals surface area contributed by atoms with Gasteiger partial charge in [0.15, 0.2) is 6.10 Å². The largest absolute Gasteiger partial charge is 0.462 e. The molecule has 0 aliphatic rings.